The molecule has 2 aromatic carbocycles. The Balaban J connectivity index is 1.67. The van der Waals surface area contributed by atoms with Crippen LogP contribution in [0.3, 0.4) is 0 Å². The van der Waals surface area contributed by atoms with Gasteiger partial charge in [-0.3, -0.25) is 4.79 Å². The molecule has 0 spiro atoms. The predicted octanol–water partition coefficient (Wildman–Crippen LogP) is 1.96. The van der Waals surface area contributed by atoms with E-state index in [9.17, 15) is 10.1 Å². The fourth-order valence-electron chi connectivity index (χ4n) is 3.44. The van der Waals surface area contributed by atoms with Gasteiger partial charge in [0.25, 0.3) is 0 Å². The third-order valence-electron chi connectivity index (χ3n) is 4.97. The summed E-state index contributed by atoms with van der Waals surface area (Å²) in [7, 11) is 0. The highest BCUT2D eigenvalue weighted by Gasteiger charge is 2.29. The Morgan fingerprint density at radius 3 is 2.41 bits per heavy atom. The summed E-state index contributed by atoms with van der Waals surface area (Å²) < 4.78 is 0. The van der Waals surface area contributed by atoms with Crippen LogP contribution in [0.1, 0.15) is 17.2 Å². The van der Waals surface area contributed by atoms with Crippen LogP contribution in [0.2, 0.25) is 0 Å². The number of carbonyl (C=O) groups is 1. The number of nitrogens with one attached hydrogen (secondary N) is 2. The quantitative estimate of drug-likeness (QED) is 0.696. The zero-order chi connectivity index (χ0) is 20.1. The topological polar surface area (TPSA) is 93.9 Å². The number of hydrogen-bond donors (Lipinski definition) is 2. The van der Waals surface area contributed by atoms with Crippen molar-refractivity contribution in [3.05, 3.63) is 65.9 Å². The van der Waals surface area contributed by atoms with Crippen LogP contribution in [0.5, 0.6) is 0 Å². The molecule has 29 heavy (non-hydrogen) atoms. The first-order valence-electron chi connectivity index (χ1n) is 9.70. The van der Waals surface area contributed by atoms with E-state index in [4.69, 9.17) is 4.98 Å². The number of aromatic nitrogens is 2. The van der Waals surface area contributed by atoms with E-state index in [1.54, 1.807) is 0 Å². The van der Waals surface area contributed by atoms with Crippen LogP contribution in [-0.2, 0) is 11.3 Å². The normalized spacial score (nSPS) is 14.9. The van der Waals surface area contributed by atoms with Gasteiger partial charge in [0.15, 0.2) is 11.7 Å². The standard InChI is InChI=1S/C22H22N6O/c23-14-17(22(29)25-15-16-6-2-1-3-7-16)20-21(28-12-10-24-11-13-28)27-19-9-5-4-8-18(19)26-20/h1-9,17,24H,10-13,15H2,(H,25,29). The number of hydrogen-bond acceptors (Lipinski definition) is 6. The van der Waals surface area contributed by atoms with Gasteiger partial charge in [-0.2, -0.15) is 5.26 Å². The molecule has 3 aromatic rings. The summed E-state index contributed by atoms with van der Waals surface area (Å²) in [6.45, 7) is 3.52. The molecule has 0 saturated carbocycles. The lowest BCUT2D eigenvalue weighted by molar-refractivity contribution is -0.121. The second-order valence-corrected chi connectivity index (χ2v) is 6.92. The number of piperazine rings is 1. The van der Waals surface area contributed by atoms with Gasteiger partial charge in [0.05, 0.1) is 17.1 Å². The third kappa shape index (κ3) is 4.18. The Kier molecular flexibility index (Phi) is 5.63. The Labute approximate surface area is 169 Å². The average molecular weight is 386 g/mol. The van der Waals surface area contributed by atoms with Crippen molar-refractivity contribution in [2.45, 2.75) is 12.5 Å². The minimum atomic E-state index is -1.03. The lowest BCUT2D eigenvalue weighted by atomic mass is 10.0. The van der Waals surface area contributed by atoms with Gasteiger partial charge in [0.1, 0.15) is 5.69 Å². The van der Waals surface area contributed by atoms with Crippen molar-refractivity contribution in [3.8, 4) is 6.07 Å². The largest absolute Gasteiger partial charge is 0.352 e. The van der Waals surface area contributed by atoms with Crippen molar-refractivity contribution in [1.29, 1.82) is 5.26 Å². The molecule has 1 aliphatic heterocycles. The number of para-hydroxylation sites is 2. The lowest BCUT2D eigenvalue weighted by Crippen LogP contribution is -2.44. The number of anilines is 1. The summed E-state index contributed by atoms with van der Waals surface area (Å²) >= 11 is 0. The number of benzene rings is 2. The molecule has 0 radical (unpaired) electrons. The van der Waals surface area contributed by atoms with Gasteiger partial charge in [-0.1, -0.05) is 42.5 Å². The van der Waals surface area contributed by atoms with Crippen molar-refractivity contribution in [3.63, 3.8) is 0 Å². The molecule has 0 bridgehead atoms. The molecule has 0 aliphatic carbocycles. The van der Waals surface area contributed by atoms with E-state index in [0.29, 0.717) is 23.6 Å². The Morgan fingerprint density at radius 2 is 1.72 bits per heavy atom. The maximum absolute atomic E-state index is 12.9. The van der Waals surface area contributed by atoms with Gasteiger partial charge in [-0.15, -0.1) is 0 Å². The summed E-state index contributed by atoms with van der Waals surface area (Å²) in [5, 5.41) is 16.0. The Bertz CT molecular complexity index is 1040. The minimum Gasteiger partial charge on any atom is -0.352 e. The number of nitriles is 1. The summed E-state index contributed by atoms with van der Waals surface area (Å²) in [5.41, 5.74) is 2.83. The van der Waals surface area contributed by atoms with Crippen LogP contribution in [0.4, 0.5) is 5.82 Å². The van der Waals surface area contributed by atoms with E-state index in [1.165, 1.54) is 0 Å². The van der Waals surface area contributed by atoms with E-state index in [2.05, 4.69) is 26.6 Å². The average Bonchev–Trinajstić information content (AvgIpc) is 2.79. The monoisotopic (exact) mass is 386 g/mol. The van der Waals surface area contributed by atoms with Crippen molar-refractivity contribution >= 4 is 22.8 Å². The van der Waals surface area contributed by atoms with Gasteiger partial charge >= 0.3 is 0 Å². The van der Waals surface area contributed by atoms with Gasteiger partial charge in [-0.05, 0) is 17.7 Å². The summed E-state index contributed by atoms with van der Waals surface area (Å²) in [6.07, 6.45) is 0. The molecular weight excluding hydrogens is 364 g/mol. The summed E-state index contributed by atoms with van der Waals surface area (Å²) in [5.74, 6) is -0.773. The zero-order valence-corrected chi connectivity index (χ0v) is 16.0. The number of rotatable bonds is 5. The van der Waals surface area contributed by atoms with E-state index in [1.807, 2.05) is 54.6 Å². The van der Waals surface area contributed by atoms with Crippen LogP contribution < -0.4 is 15.5 Å². The van der Waals surface area contributed by atoms with E-state index in [-0.39, 0.29) is 5.91 Å². The summed E-state index contributed by atoms with van der Waals surface area (Å²) in [6, 6.07) is 19.3. The molecule has 2 heterocycles. The van der Waals surface area contributed by atoms with Crippen molar-refractivity contribution < 1.29 is 4.79 Å². The first-order chi connectivity index (χ1) is 14.3. The second kappa shape index (κ2) is 8.67. The van der Waals surface area contributed by atoms with Crippen molar-refractivity contribution in [2.24, 2.45) is 0 Å². The van der Waals surface area contributed by atoms with Gasteiger partial charge < -0.3 is 15.5 Å². The predicted molar refractivity (Wildman–Crippen MR) is 111 cm³/mol. The molecule has 1 aromatic heterocycles. The third-order valence-corrected chi connectivity index (χ3v) is 4.97. The molecule has 1 aliphatic rings. The minimum absolute atomic E-state index is 0.363. The highest BCUT2D eigenvalue weighted by atomic mass is 16.1. The molecule has 1 fully saturated rings. The summed E-state index contributed by atoms with van der Waals surface area (Å²) in [4.78, 5) is 24.4. The first kappa shape index (κ1) is 18.8. The maximum atomic E-state index is 12.9. The molecule has 2 N–H and O–H groups in total. The van der Waals surface area contributed by atoms with Gasteiger partial charge in [0, 0.05) is 32.7 Å². The van der Waals surface area contributed by atoms with Crippen LogP contribution in [-0.4, -0.2) is 42.1 Å². The van der Waals surface area contributed by atoms with Crippen LogP contribution >= 0.6 is 0 Å². The number of carbonyl (C=O) groups excluding carboxylic acids is 1. The van der Waals surface area contributed by atoms with Crippen molar-refractivity contribution in [2.75, 3.05) is 31.1 Å². The number of amides is 1. The SMILES string of the molecule is N#CC(C(=O)NCc1ccccc1)c1nc2ccccc2nc1N1CCNCC1. The highest BCUT2D eigenvalue weighted by molar-refractivity contribution is 5.88. The molecular formula is C22H22N6O. The Morgan fingerprint density at radius 1 is 1.07 bits per heavy atom. The molecule has 146 valence electrons. The second-order valence-electron chi connectivity index (χ2n) is 6.92. The molecule has 1 unspecified atom stereocenters. The molecule has 7 heteroatoms. The van der Waals surface area contributed by atoms with Crippen LogP contribution in [0.15, 0.2) is 54.6 Å². The molecule has 7 nitrogen and oxygen atoms in total. The fourth-order valence-corrected chi connectivity index (χ4v) is 3.44. The van der Waals surface area contributed by atoms with Gasteiger partial charge in [-0.25, -0.2) is 9.97 Å². The molecule has 1 amide bonds. The van der Waals surface area contributed by atoms with Crippen LogP contribution in [0.25, 0.3) is 11.0 Å². The van der Waals surface area contributed by atoms with Crippen molar-refractivity contribution in [1.82, 2.24) is 20.6 Å². The fraction of sp³-hybridized carbons (Fsp3) is 0.273. The highest BCUT2D eigenvalue weighted by Crippen LogP contribution is 2.27. The van der Waals surface area contributed by atoms with E-state index in [0.717, 1.165) is 37.3 Å². The van der Waals surface area contributed by atoms with E-state index >= 15 is 0 Å². The molecule has 4 rings (SSSR count). The zero-order valence-electron chi connectivity index (χ0n) is 16.0. The molecule has 1 atom stereocenters. The van der Waals surface area contributed by atoms with Crippen LogP contribution in [0, 0.1) is 11.3 Å². The van der Waals surface area contributed by atoms with E-state index < -0.39 is 5.92 Å². The maximum Gasteiger partial charge on any atom is 0.243 e. The first-order valence-corrected chi connectivity index (χ1v) is 9.70. The smallest absolute Gasteiger partial charge is 0.243 e. The lowest BCUT2D eigenvalue weighted by Gasteiger charge is -2.30. The molecule has 1 saturated heterocycles. The Hall–Kier alpha value is -3.50. The number of nitrogens with zero attached hydrogens (tertiary/aromatic N) is 4. The van der Waals surface area contributed by atoms with Gasteiger partial charge in [0.2, 0.25) is 5.91 Å². The number of fused-ring (bicyclic) bond motifs is 1.